The van der Waals surface area contributed by atoms with Gasteiger partial charge in [0.05, 0.1) is 11.5 Å². The van der Waals surface area contributed by atoms with E-state index in [0.29, 0.717) is 0 Å². The summed E-state index contributed by atoms with van der Waals surface area (Å²) < 4.78 is 49.4. The molecule has 0 bridgehead atoms. The lowest BCUT2D eigenvalue weighted by atomic mass is 10.3. The summed E-state index contributed by atoms with van der Waals surface area (Å²) in [5.41, 5.74) is 0. The Kier molecular flexibility index (Phi) is 4.43. The Balaban J connectivity index is 2.41. The second kappa shape index (κ2) is 5.67. The van der Waals surface area contributed by atoms with Crippen molar-refractivity contribution in [2.75, 3.05) is 18.1 Å². The molecule has 0 spiro atoms. The van der Waals surface area contributed by atoms with Crippen molar-refractivity contribution < 1.29 is 26.7 Å². The summed E-state index contributed by atoms with van der Waals surface area (Å²) in [5, 5.41) is 10.5. The SMILES string of the molecule is CCN(C1CCS(=O)(=O)C1)S(=O)(=O)c1ccsc1C(=O)O. The largest absolute Gasteiger partial charge is 0.477 e. The highest BCUT2D eigenvalue weighted by molar-refractivity contribution is 7.92. The predicted molar refractivity (Wildman–Crippen MR) is 77.9 cm³/mol. The molecule has 0 aromatic carbocycles. The fourth-order valence-corrected chi connectivity index (χ4v) is 7.13. The van der Waals surface area contributed by atoms with Crippen LogP contribution in [0, 0.1) is 0 Å². The molecule has 10 heteroatoms. The monoisotopic (exact) mass is 353 g/mol. The van der Waals surface area contributed by atoms with Gasteiger partial charge in [0.15, 0.2) is 9.84 Å². The minimum absolute atomic E-state index is 0.0425. The fraction of sp³-hybridized carbons (Fsp3) is 0.545. The zero-order valence-corrected chi connectivity index (χ0v) is 13.7. The van der Waals surface area contributed by atoms with Crippen LogP contribution in [0.4, 0.5) is 0 Å². The van der Waals surface area contributed by atoms with Gasteiger partial charge in [-0.05, 0) is 17.9 Å². The number of rotatable bonds is 5. The number of aromatic carboxylic acids is 1. The lowest BCUT2D eigenvalue weighted by Gasteiger charge is -2.25. The molecule has 1 aromatic heterocycles. The van der Waals surface area contributed by atoms with Crippen molar-refractivity contribution in [3.63, 3.8) is 0 Å². The predicted octanol–water partition coefficient (Wildman–Crippen LogP) is 0.644. The topological polar surface area (TPSA) is 109 Å². The summed E-state index contributed by atoms with van der Waals surface area (Å²) in [4.78, 5) is 10.6. The molecule has 1 aliphatic heterocycles. The molecule has 1 aliphatic rings. The van der Waals surface area contributed by atoms with Crippen LogP contribution < -0.4 is 0 Å². The first-order valence-electron chi connectivity index (χ1n) is 6.22. The first-order valence-corrected chi connectivity index (χ1v) is 10.4. The van der Waals surface area contributed by atoms with Crippen molar-refractivity contribution in [1.82, 2.24) is 4.31 Å². The lowest BCUT2D eigenvalue weighted by molar-refractivity contribution is 0.0698. The maximum absolute atomic E-state index is 12.6. The normalized spacial score (nSPS) is 21.7. The maximum atomic E-state index is 12.6. The fourth-order valence-electron chi connectivity index (χ4n) is 2.41. The van der Waals surface area contributed by atoms with Gasteiger partial charge in [-0.1, -0.05) is 6.92 Å². The molecule has 2 heterocycles. The summed E-state index contributed by atoms with van der Waals surface area (Å²) in [7, 11) is -7.24. The molecule has 1 N–H and O–H groups in total. The van der Waals surface area contributed by atoms with Crippen LogP contribution >= 0.6 is 11.3 Å². The zero-order chi connectivity index (χ0) is 15.8. The van der Waals surface area contributed by atoms with E-state index in [2.05, 4.69) is 0 Å². The number of carboxylic acid groups (broad SMARTS) is 1. The summed E-state index contributed by atoms with van der Waals surface area (Å²) in [6, 6.07) is 0.613. The number of sulfonamides is 1. The van der Waals surface area contributed by atoms with E-state index in [4.69, 9.17) is 5.11 Å². The average Bonchev–Trinajstić information content (AvgIpc) is 2.96. The van der Waals surface area contributed by atoms with E-state index < -0.39 is 31.9 Å². The van der Waals surface area contributed by atoms with Gasteiger partial charge < -0.3 is 5.11 Å². The molecule has 7 nitrogen and oxygen atoms in total. The van der Waals surface area contributed by atoms with Gasteiger partial charge in [0.1, 0.15) is 9.77 Å². The highest BCUT2D eigenvalue weighted by Crippen LogP contribution is 2.29. The van der Waals surface area contributed by atoms with Crippen LogP contribution in [0.5, 0.6) is 0 Å². The molecule has 1 saturated heterocycles. The van der Waals surface area contributed by atoms with E-state index >= 15 is 0 Å². The van der Waals surface area contributed by atoms with Gasteiger partial charge in [-0.15, -0.1) is 11.3 Å². The van der Waals surface area contributed by atoms with Crippen molar-refractivity contribution in [3.8, 4) is 0 Å². The summed E-state index contributed by atoms with van der Waals surface area (Å²) >= 11 is 0.831. The molecule has 1 atom stereocenters. The molecule has 0 amide bonds. The molecule has 2 rings (SSSR count). The van der Waals surface area contributed by atoms with Crippen molar-refractivity contribution >= 4 is 37.2 Å². The van der Waals surface area contributed by atoms with E-state index in [1.807, 2.05) is 0 Å². The number of carboxylic acids is 1. The summed E-state index contributed by atoms with van der Waals surface area (Å²) in [6.07, 6.45) is 0.238. The van der Waals surface area contributed by atoms with Gasteiger partial charge in [-0.3, -0.25) is 0 Å². The number of hydrogen-bond acceptors (Lipinski definition) is 6. The average molecular weight is 353 g/mol. The van der Waals surface area contributed by atoms with E-state index in [0.717, 1.165) is 15.6 Å². The Labute approximate surface area is 127 Å². The molecular formula is C11H15NO6S3. The minimum atomic E-state index is -4.02. The molecule has 1 unspecified atom stereocenters. The Hall–Kier alpha value is -0.970. The van der Waals surface area contributed by atoms with Crippen LogP contribution in [-0.4, -0.2) is 56.3 Å². The van der Waals surface area contributed by atoms with Crippen LogP contribution in [0.1, 0.15) is 23.0 Å². The first-order chi connectivity index (χ1) is 9.69. The van der Waals surface area contributed by atoms with Gasteiger partial charge in [-0.25, -0.2) is 21.6 Å². The number of nitrogens with zero attached hydrogens (tertiary/aromatic N) is 1. The molecule has 118 valence electrons. The van der Waals surface area contributed by atoms with Crippen molar-refractivity contribution in [2.45, 2.75) is 24.3 Å². The van der Waals surface area contributed by atoms with Gasteiger partial charge >= 0.3 is 5.97 Å². The van der Waals surface area contributed by atoms with Gasteiger partial charge in [-0.2, -0.15) is 4.31 Å². The third-order valence-electron chi connectivity index (χ3n) is 3.34. The Bertz CT molecular complexity index is 749. The van der Waals surface area contributed by atoms with Gasteiger partial charge in [0.2, 0.25) is 10.0 Å². The smallest absolute Gasteiger partial charge is 0.347 e. The van der Waals surface area contributed by atoms with Crippen LogP contribution in [0.3, 0.4) is 0 Å². The van der Waals surface area contributed by atoms with Gasteiger partial charge in [0.25, 0.3) is 0 Å². The third-order valence-corrected chi connectivity index (χ3v) is 8.19. The molecular weight excluding hydrogens is 338 g/mol. The Morgan fingerprint density at radius 1 is 1.52 bits per heavy atom. The Morgan fingerprint density at radius 2 is 2.19 bits per heavy atom. The first kappa shape index (κ1) is 16.4. The molecule has 21 heavy (non-hydrogen) atoms. The second-order valence-corrected chi connectivity index (χ2v) is 9.69. The maximum Gasteiger partial charge on any atom is 0.347 e. The van der Waals surface area contributed by atoms with E-state index in [1.54, 1.807) is 6.92 Å². The summed E-state index contributed by atoms with van der Waals surface area (Å²) in [6.45, 7) is 1.70. The molecule has 0 radical (unpaired) electrons. The van der Waals surface area contributed by atoms with Gasteiger partial charge in [0, 0.05) is 12.6 Å². The van der Waals surface area contributed by atoms with Crippen LogP contribution in [0.2, 0.25) is 0 Å². The summed E-state index contributed by atoms with van der Waals surface area (Å²) in [5.74, 6) is -1.56. The zero-order valence-electron chi connectivity index (χ0n) is 11.2. The number of thiophene rings is 1. The van der Waals surface area contributed by atoms with E-state index in [-0.39, 0.29) is 34.2 Å². The molecule has 1 aromatic rings. The molecule has 1 fully saturated rings. The highest BCUT2D eigenvalue weighted by atomic mass is 32.2. The number of hydrogen-bond donors (Lipinski definition) is 1. The standard InChI is InChI=1S/C11H15NO6S3/c1-2-12(8-4-6-20(15,16)7-8)21(17,18)9-3-5-19-10(9)11(13)14/h3,5,8H,2,4,6-7H2,1H3,(H,13,14). The molecule has 0 saturated carbocycles. The Morgan fingerprint density at radius 3 is 2.67 bits per heavy atom. The second-order valence-electron chi connectivity index (χ2n) is 4.68. The third kappa shape index (κ3) is 3.12. The van der Waals surface area contributed by atoms with E-state index in [1.165, 1.54) is 11.4 Å². The van der Waals surface area contributed by atoms with Crippen LogP contribution in [0.15, 0.2) is 16.3 Å². The molecule has 0 aliphatic carbocycles. The van der Waals surface area contributed by atoms with Crippen LogP contribution in [-0.2, 0) is 19.9 Å². The van der Waals surface area contributed by atoms with Crippen molar-refractivity contribution in [2.24, 2.45) is 0 Å². The number of sulfone groups is 1. The van der Waals surface area contributed by atoms with Crippen molar-refractivity contribution in [3.05, 3.63) is 16.3 Å². The van der Waals surface area contributed by atoms with Crippen molar-refractivity contribution in [1.29, 1.82) is 0 Å². The highest BCUT2D eigenvalue weighted by Gasteiger charge is 2.39. The minimum Gasteiger partial charge on any atom is -0.477 e. The van der Waals surface area contributed by atoms with Crippen LogP contribution in [0.25, 0.3) is 0 Å². The van der Waals surface area contributed by atoms with E-state index in [9.17, 15) is 21.6 Å². The quantitative estimate of drug-likeness (QED) is 0.832. The lowest BCUT2D eigenvalue weighted by Crippen LogP contribution is -2.41. The number of carbonyl (C=O) groups is 1.